The van der Waals surface area contributed by atoms with E-state index in [0.29, 0.717) is 11.3 Å². The molecular formula is C11H12F3NO2S. The number of alkyl halides is 3. The van der Waals surface area contributed by atoms with Gasteiger partial charge in [0.05, 0.1) is 20.1 Å². The van der Waals surface area contributed by atoms with Crippen molar-refractivity contribution < 1.29 is 22.6 Å². The first-order valence-electron chi connectivity index (χ1n) is 5.01. The summed E-state index contributed by atoms with van der Waals surface area (Å²) in [4.78, 5) is 0.176. The van der Waals surface area contributed by atoms with E-state index in [4.69, 9.17) is 27.4 Å². The lowest BCUT2D eigenvalue weighted by molar-refractivity contribution is -0.139. The first-order chi connectivity index (χ1) is 8.33. The highest BCUT2D eigenvalue weighted by Crippen LogP contribution is 2.29. The summed E-state index contributed by atoms with van der Waals surface area (Å²) in [6, 6.07) is 4.56. The SMILES string of the molecule is COc1cc(C(N)=S)ccc1OCCC(F)(F)F. The van der Waals surface area contributed by atoms with Crippen LogP contribution in [0, 0.1) is 0 Å². The molecule has 0 radical (unpaired) electrons. The Hall–Kier alpha value is -1.50. The van der Waals surface area contributed by atoms with E-state index in [1.54, 1.807) is 6.07 Å². The molecule has 3 nitrogen and oxygen atoms in total. The van der Waals surface area contributed by atoms with Crippen LogP contribution in [0.25, 0.3) is 0 Å². The highest BCUT2D eigenvalue weighted by atomic mass is 32.1. The second-order valence-corrected chi connectivity index (χ2v) is 3.88. The van der Waals surface area contributed by atoms with Crippen molar-refractivity contribution in [2.45, 2.75) is 12.6 Å². The van der Waals surface area contributed by atoms with E-state index in [2.05, 4.69) is 0 Å². The molecule has 0 saturated carbocycles. The molecule has 2 N–H and O–H groups in total. The van der Waals surface area contributed by atoms with Gasteiger partial charge in [-0.15, -0.1) is 0 Å². The average Bonchev–Trinajstić information content (AvgIpc) is 2.27. The molecule has 0 atom stereocenters. The van der Waals surface area contributed by atoms with Crippen LogP contribution in [0.5, 0.6) is 11.5 Å². The van der Waals surface area contributed by atoms with Gasteiger partial charge >= 0.3 is 6.18 Å². The van der Waals surface area contributed by atoms with Crippen LogP contribution in [0.2, 0.25) is 0 Å². The molecular weight excluding hydrogens is 267 g/mol. The van der Waals surface area contributed by atoms with Crippen molar-refractivity contribution in [2.24, 2.45) is 5.73 Å². The highest BCUT2D eigenvalue weighted by molar-refractivity contribution is 7.80. The molecule has 0 spiro atoms. The molecule has 0 aliphatic carbocycles. The first-order valence-corrected chi connectivity index (χ1v) is 5.41. The molecule has 0 unspecified atom stereocenters. The largest absolute Gasteiger partial charge is 0.493 e. The van der Waals surface area contributed by atoms with E-state index in [-0.39, 0.29) is 10.7 Å². The fourth-order valence-corrected chi connectivity index (χ4v) is 1.34. The monoisotopic (exact) mass is 279 g/mol. The fraction of sp³-hybridized carbons (Fsp3) is 0.364. The second-order valence-electron chi connectivity index (χ2n) is 3.44. The highest BCUT2D eigenvalue weighted by Gasteiger charge is 2.27. The molecule has 1 rings (SSSR count). The summed E-state index contributed by atoms with van der Waals surface area (Å²) in [6.45, 7) is -0.466. The number of hydrogen-bond acceptors (Lipinski definition) is 3. The summed E-state index contributed by atoms with van der Waals surface area (Å²) in [5.74, 6) is 0.518. The van der Waals surface area contributed by atoms with Crippen LogP contribution in [0.1, 0.15) is 12.0 Å². The van der Waals surface area contributed by atoms with Gasteiger partial charge in [-0.1, -0.05) is 12.2 Å². The third-order valence-electron chi connectivity index (χ3n) is 2.09. The zero-order valence-corrected chi connectivity index (χ0v) is 10.4. The predicted molar refractivity (Wildman–Crippen MR) is 65.0 cm³/mol. The number of nitrogens with two attached hydrogens (primary N) is 1. The zero-order chi connectivity index (χ0) is 13.8. The van der Waals surface area contributed by atoms with Crippen molar-refractivity contribution in [1.82, 2.24) is 0 Å². The number of methoxy groups -OCH3 is 1. The molecule has 0 heterocycles. The van der Waals surface area contributed by atoms with E-state index < -0.39 is 19.2 Å². The minimum Gasteiger partial charge on any atom is -0.493 e. The fourth-order valence-electron chi connectivity index (χ4n) is 1.22. The van der Waals surface area contributed by atoms with E-state index in [9.17, 15) is 13.2 Å². The van der Waals surface area contributed by atoms with Crippen LogP contribution in [-0.2, 0) is 0 Å². The molecule has 1 aromatic rings. The minimum absolute atomic E-state index is 0.176. The molecule has 7 heteroatoms. The Morgan fingerprint density at radius 2 is 2.00 bits per heavy atom. The minimum atomic E-state index is -4.24. The Morgan fingerprint density at radius 3 is 2.50 bits per heavy atom. The Morgan fingerprint density at radius 1 is 1.33 bits per heavy atom. The van der Waals surface area contributed by atoms with Gasteiger partial charge in [0.25, 0.3) is 0 Å². The summed E-state index contributed by atoms with van der Waals surface area (Å²) < 4.78 is 45.9. The summed E-state index contributed by atoms with van der Waals surface area (Å²) in [6.07, 6.45) is -5.26. The van der Waals surface area contributed by atoms with Gasteiger partial charge in [-0.2, -0.15) is 13.2 Å². The number of ether oxygens (including phenoxy) is 2. The molecule has 1 aromatic carbocycles. The van der Waals surface area contributed by atoms with Crippen molar-refractivity contribution in [3.63, 3.8) is 0 Å². The smallest absolute Gasteiger partial charge is 0.392 e. The van der Waals surface area contributed by atoms with Gasteiger partial charge in [-0.05, 0) is 18.2 Å². The van der Waals surface area contributed by atoms with Crippen LogP contribution in [0.15, 0.2) is 18.2 Å². The molecule has 100 valence electrons. The van der Waals surface area contributed by atoms with Crippen LogP contribution in [0.3, 0.4) is 0 Å². The molecule has 0 saturated heterocycles. The maximum Gasteiger partial charge on any atom is 0.392 e. The van der Waals surface area contributed by atoms with E-state index >= 15 is 0 Å². The van der Waals surface area contributed by atoms with Crippen molar-refractivity contribution in [1.29, 1.82) is 0 Å². The molecule has 0 aromatic heterocycles. The number of rotatable bonds is 5. The van der Waals surface area contributed by atoms with Crippen LogP contribution in [-0.4, -0.2) is 24.9 Å². The molecule has 0 fully saturated rings. The standard InChI is InChI=1S/C11H12F3NO2S/c1-16-9-6-7(10(15)18)2-3-8(9)17-5-4-11(12,13)14/h2-3,6H,4-5H2,1H3,(H2,15,18). The van der Waals surface area contributed by atoms with Gasteiger partial charge in [0.2, 0.25) is 0 Å². The molecule has 0 aliphatic heterocycles. The van der Waals surface area contributed by atoms with Gasteiger partial charge < -0.3 is 15.2 Å². The van der Waals surface area contributed by atoms with Gasteiger partial charge in [0, 0.05) is 5.56 Å². The first kappa shape index (κ1) is 14.6. The third kappa shape index (κ3) is 4.40. The Balaban J connectivity index is 2.74. The number of thiocarbonyl (C=S) groups is 1. The van der Waals surface area contributed by atoms with Crippen molar-refractivity contribution in [3.05, 3.63) is 23.8 Å². The Labute approximate surface area is 108 Å². The quantitative estimate of drug-likeness (QED) is 0.842. The van der Waals surface area contributed by atoms with Gasteiger partial charge in [0.1, 0.15) is 4.99 Å². The predicted octanol–water partition coefficient (Wildman–Crippen LogP) is 2.66. The number of hydrogen-bond donors (Lipinski definition) is 1. The van der Waals surface area contributed by atoms with E-state index in [1.807, 2.05) is 0 Å². The van der Waals surface area contributed by atoms with Gasteiger partial charge in [-0.3, -0.25) is 0 Å². The van der Waals surface area contributed by atoms with Gasteiger partial charge in [-0.25, -0.2) is 0 Å². The van der Waals surface area contributed by atoms with Crippen molar-refractivity contribution >= 4 is 17.2 Å². The van der Waals surface area contributed by atoms with Crippen LogP contribution in [0.4, 0.5) is 13.2 Å². The average molecular weight is 279 g/mol. The summed E-state index contributed by atoms with van der Waals surface area (Å²) in [5, 5.41) is 0. The van der Waals surface area contributed by atoms with Crippen LogP contribution >= 0.6 is 12.2 Å². The maximum absolute atomic E-state index is 12.0. The van der Waals surface area contributed by atoms with Crippen LogP contribution < -0.4 is 15.2 Å². The lowest BCUT2D eigenvalue weighted by atomic mass is 10.2. The van der Waals surface area contributed by atoms with Crippen molar-refractivity contribution in [3.8, 4) is 11.5 Å². The molecule has 0 amide bonds. The normalized spacial score (nSPS) is 11.1. The summed E-state index contributed by atoms with van der Waals surface area (Å²) in [5.41, 5.74) is 5.99. The molecule has 0 bridgehead atoms. The van der Waals surface area contributed by atoms with Crippen molar-refractivity contribution in [2.75, 3.05) is 13.7 Å². The Bertz CT molecular complexity index is 435. The summed E-state index contributed by atoms with van der Waals surface area (Å²) >= 11 is 4.78. The maximum atomic E-state index is 12.0. The third-order valence-corrected chi connectivity index (χ3v) is 2.33. The second kappa shape index (κ2) is 5.90. The topological polar surface area (TPSA) is 44.5 Å². The summed E-state index contributed by atoms with van der Waals surface area (Å²) in [7, 11) is 1.38. The number of benzene rings is 1. The van der Waals surface area contributed by atoms with E-state index in [1.165, 1.54) is 19.2 Å². The van der Waals surface area contributed by atoms with E-state index in [0.717, 1.165) is 0 Å². The van der Waals surface area contributed by atoms with Gasteiger partial charge in [0.15, 0.2) is 11.5 Å². The molecule has 18 heavy (non-hydrogen) atoms. The Kier molecular flexibility index (Phi) is 4.77. The lowest BCUT2D eigenvalue weighted by Crippen LogP contribution is -2.13. The zero-order valence-electron chi connectivity index (χ0n) is 9.58. The lowest BCUT2D eigenvalue weighted by Gasteiger charge is -2.12. The number of halogens is 3. The molecule has 0 aliphatic rings.